The summed E-state index contributed by atoms with van der Waals surface area (Å²) in [5.41, 5.74) is 0. The van der Waals surface area contributed by atoms with Gasteiger partial charge in [-0.05, 0) is 34.3 Å². The van der Waals surface area contributed by atoms with Crippen LogP contribution in [0.15, 0.2) is 15.9 Å². The largest absolute Gasteiger partial charge is 0.467 e. The maximum atomic E-state index is 11.5. The van der Waals surface area contributed by atoms with Crippen LogP contribution in [0.1, 0.15) is 11.8 Å². The number of carbonyl (C=O) groups excluding carboxylic acids is 1. The van der Waals surface area contributed by atoms with Gasteiger partial charge in [-0.3, -0.25) is 4.90 Å². The molecule has 100 valence electrons. The first-order chi connectivity index (χ1) is 8.60. The summed E-state index contributed by atoms with van der Waals surface area (Å²) in [5, 5.41) is 2.06. The molecule has 1 aliphatic rings. The number of morpholine rings is 1. The van der Waals surface area contributed by atoms with Crippen molar-refractivity contribution in [2.24, 2.45) is 0 Å². The predicted octanol–water partition coefficient (Wildman–Crippen LogP) is 2.27. The summed E-state index contributed by atoms with van der Waals surface area (Å²) >= 11 is 5.24. The minimum Gasteiger partial charge on any atom is -0.467 e. The van der Waals surface area contributed by atoms with Crippen LogP contribution in [0.25, 0.3) is 0 Å². The topological polar surface area (TPSA) is 38.8 Å². The zero-order chi connectivity index (χ0) is 13.1. The van der Waals surface area contributed by atoms with Crippen LogP contribution in [-0.4, -0.2) is 43.3 Å². The van der Waals surface area contributed by atoms with Gasteiger partial charge in [0.05, 0.1) is 13.2 Å². The normalized spacial score (nSPS) is 25.1. The molecule has 1 aromatic rings. The first-order valence-electron chi connectivity index (χ1n) is 5.77. The number of methoxy groups -OCH3 is 1. The van der Waals surface area contributed by atoms with Crippen molar-refractivity contribution in [3.63, 3.8) is 0 Å². The second kappa shape index (κ2) is 6.14. The van der Waals surface area contributed by atoms with Gasteiger partial charge in [-0.25, -0.2) is 4.79 Å². The van der Waals surface area contributed by atoms with Gasteiger partial charge in [-0.15, -0.1) is 11.3 Å². The van der Waals surface area contributed by atoms with E-state index in [0.717, 1.165) is 17.6 Å². The number of rotatable bonds is 3. The minimum atomic E-state index is -0.475. The fourth-order valence-corrected chi connectivity index (χ4v) is 3.59. The lowest BCUT2D eigenvalue weighted by Gasteiger charge is -2.35. The molecule has 2 rings (SSSR count). The monoisotopic (exact) mass is 333 g/mol. The lowest BCUT2D eigenvalue weighted by Crippen LogP contribution is -2.49. The van der Waals surface area contributed by atoms with Crippen LogP contribution in [-0.2, 0) is 20.8 Å². The molecule has 0 bridgehead atoms. The maximum Gasteiger partial charge on any atom is 0.336 e. The van der Waals surface area contributed by atoms with E-state index >= 15 is 0 Å². The van der Waals surface area contributed by atoms with Gasteiger partial charge in [0, 0.05) is 29.0 Å². The van der Waals surface area contributed by atoms with E-state index in [-0.39, 0.29) is 12.1 Å². The Morgan fingerprint density at radius 3 is 3.06 bits per heavy atom. The second-order valence-electron chi connectivity index (χ2n) is 4.34. The number of nitrogens with zero attached hydrogens (tertiary/aromatic N) is 1. The third-order valence-corrected chi connectivity index (χ3v) is 4.77. The Morgan fingerprint density at radius 2 is 2.44 bits per heavy atom. The average molecular weight is 334 g/mol. The summed E-state index contributed by atoms with van der Waals surface area (Å²) in [6.45, 7) is 4.23. The first kappa shape index (κ1) is 14.0. The molecule has 1 aliphatic heterocycles. The smallest absolute Gasteiger partial charge is 0.336 e. The second-order valence-corrected chi connectivity index (χ2v) is 6.20. The predicted molar refractivity (Wildman–Crippen MR) is 73.6 cm³/mol. The highest BCUT2D eigenvalue weighted by Gasteiger charge is 2.31. The van der Waals surface area contributed by atoms with E-state index in [9.17, 15) is 4.79 Å². The van der Waals surface area contributed by atoms with Gasteiger partial charge in [0.1, 0.15) is 0 Å². The summed E-state index contributed by atoms with van der Waals surface area (Å²) in [6, 6.07) is 2.04. The Morgan fingerprint density at radius 1 is 1.67 bits per heavy atom. The fraction of sp³-hybridized carbons (Fsp3) is 0.583. The van der Waals surface area contributed by atoms with E-state index < -0.39 is 6.10 Å². The van der Waals surface area contributed by atoms with Crippen LogP contribution in [0.3, 0.4) is 0 Å². The van der Waals surface area contributed by atoms with Crippen molar-refractivity contribution in [1.82, 2.24) is 4.90 Å². The van der Waals surface area contributed by atoms with Crippen molar-refractivity contribution in [3.8, 4) is 0 Å². The molecule has 6 heteroatoms. The zero-order valence-corrected chi connectivity index (χ0v) is 12.8. The molecule has 0 aliphatic carbocycles. The lowest BCUT2D eigenvalue weighted by molar-refractivity contribution is -0.166. The van der Waals surface area contributed by atoms with Crippen LogP contribution < -0.4 is 0 Å². The van der Waals surface area contributed by atoms with Gasteiger partial charge in [0.15, 0.2) is 6.10 Å². The summed E-state index contributed by atoms with van der Waals surface area (Å²) < 4.78 is 11.5. The van der Waals surface area contributed by atoms with Crippen molar-refractivity contribution in [3.05, 3.63) is 20.8 Å². The van der Waals surface area contributed by atoms with E-state index in [1.807, 2.05) is 13.0 Å². The zero-order valence-electron chi connectivity index (χ0n) is 10.4. The third kappa shape index (κ3) is 3.32. The van der Waals surface area contributed by atoms with Gasteiger partial charge in [-0.2, -0.15) is 0 Å². The SMILES string of the molecule is COC(=O)[C@H]1CN(Cc2sccc2Br)C[C@@H](C)O1. The Hall–Kier alpha value is -0.430. The molecule has 0 radical (unpaired) electrons. The maximum absolute atomic E-state index is 11.5. The average Bonchev–Trinajstić information content (AvgIpc) is 2.73. The van der Waals surface area contributed by atoms with E-state index in [2.05, 4.69) is 26.2 Å². The van der Waals surface area contributed by atoms with Gasteiger partial charge in [-0.1, -0.05) is 0 Å². The molecule has 2 atom stereocenters. The number of thiophene rings is 1. The summed E-state index contributed by atoms with van der Waals surface area (Å²) in [7, 11) is 1.39. The van der Waals surface area contributed by atoms with Crippen LogP contribution in [0.4, 0.5) is 0 Å². The molecule has 1 saturated heterocycles. The molecular formula is C12H16BrNO3S. The highest BCUT2D eigenvalue weighted by Crippen LogP contribution is 2.25. The van der Waals surface area contributed by atoms with Crippen molar-refractivity contribution < 1.29 is 14.3 Å². The van der Waals surface area contributed by atoms with Crippen molar-refractivity contribution >= 4 is 33.2 Å². The fourth-order valence-electron chi connectivity index (χ4n) is 2.07. The lowest BCUT2D eigenvalue weighted by atomic mass is 10.2. The van der Waals surface area contributed by atoms with Crippen molar-refractivity contribution in [1.29, 1.82) is 0 Å². The summed E-state index contributed by atoms with van der Waals surface area (Å²) in [5.74, 6) is -0.295. The van der Waals surface area contributed by atoms with Crippen LogP contribution in [0, 0.1) is 0 Å². The number of halogens is 1. The van der Waals surface area contributed by atoms with Gasteiger partial charge in [0.25, 0.3) is 0 Å². The Bertz CT molecular complexity index is 423. The van der Waals surface area contributed by atoms with E-state index in [0.29, 0.717) is 6.54 Å². The quantitative estimate of drug-likeness (QED) is 0.795. The third-order valence-electron chi connectivity index (χ3n) is 2.86. The van der Waals surface area contributed by atoms with Gasteiger partial charge < -0.3 is 9.47 Å². The summed E-state index contributed by atoms with van der Waals surface area (Å²) in [6.07, 6.45) is -0.431. The Balaban J connectivity index is 2.00. The number of hydrogen-bond acceptors (Lipinski definition) is 5. The molecule has 0 saturated carbocycles. The molecule has 0 N–H and O–H groups in total. The molecule has 0 spiro atoms. The van der Waals surface area contributed by atoms with Crippen LogP contribution in [0.5, 0.6) is 0 Å². The highest BCUT2D eigenvalue weighted by molar-refractivity contribution is 9.10. The molecule has 4 nitrogen and oxygen atoms in total. The number of esters is 1. The Kier molecular flexibility index (Phi) is 4.77. The molecular weight excluding hydrogens is 318 g/mol. The van der Waals surface area contributed by atoms with Crippen molar-refractivity contribution in [2.45, 2.75) is 25.7 Å². The molecule has 0 unspecified atom stereocenters. The van der Waals surface area contributed by atoms with Crippen LogP contribution in [0.2, 0.25) is 0 Å². The molecule has 2 heterocycles. The minimum absolute atomic E-state index is 0.0431. The standard InChI is InChI=1S/C12H16BrNO3S/c1-8-5-14(6-10(17-8)12(15)16-2)7-11-9(13)3-4-18-11/h3-4,8,10H,5-7H2,1-2H3/t8-,10-/m1/s1. The molecule has 0 amide bonds. The van der Waals surface area contributed by atoms with E-state index in [4.69, 9.17) is 9.47 Å². The number of carbonyl (C=O) groups is 1. The summed E-state index contributed by atoms with van der Waals surface area (Å²) in [4.78, 5) is 15.0. The number of hydrogen-bond donors (Lipinski definition) is 0. The first-order valence-corrected chi connectivity index (χ1v) is 7.45. The van der Waals surface area contributed by atoms with Gasteiger partial charge >= 0.3 is 5.97 Å². The van der Waals surface area contributed by atoms with Crippen LogP contribution >= 0.6 is 27.3 Å². The van der Waals surface area contributed by atoms with Gasteiger partial charge in [0.2, 0.25) is 0 Å². The Labute approximate surface area is 119 Å². The molecule has 1 fully saturated rings. The van der Waals surface area contributed by atoms with E-state index in [1.165, 1.54) is 12.0 Å². The highest BCUT2D eigenvalue weighted by atomic mass is 79.9. The van der Waals surface area contributed by atoms with E-state index in [1.54, 1.807) is 11.3 Å². The molecule has 18 heavy (non-hydrogen) atoms. The van der Waals surface area contributed by atoms with Crippen molar-refractivity contribution in [2.75, 3.05) is 20.2 Å². The molecule has 0 aromatic carbocycles. The number of ether oxygens (including phenoxy) is 2. The molecule has 1 aromatic heterocycles.